The Kier molecular flexibility index (Phi) is 6.46. The van der Waals surface area contributed by atoms with E-state index in [1.54, 1.807) is 47.2 Å². The van der Waals surface area contributed by atoms with E-state index in [1.807, 2.05) is 0 Å². The molecule has 2 aromatic heterocycles. The average molecular weight is 481 g/mol. The number of rotatable bonds is 4. The molecule has 1 unspecified atom stereocenters. The van der Waals surface area contributed by atoms with E-state index in [1.165, 1.54) is 36.7 Å². The van der Waals surface area contributed by atoms with Gasteiger partial charge in [0.2, 0.25) is 5.88 Å². The highest BCUT2D eigenvalue weighted by Crippen LogP contribution is 2.38. The number of hydrogen-bond acceptors (Lipinski definition) is 4. The van der Waals surface area contributed by atoms with Crippen LogP contribution < -0.4 is 11.0 Å². The third-order valence-electron chi connectivity index (χ3n) is 7.35. The molecule has 0 bridgehead atoms. The summed E-state index contributed by atoms with van der Waals surface area (Å²) in [6.07, 6.45) is 10.7. The van der Waals surface area contributed by atoms with Gasteiger partial charge in [-0.25, -0.2) is 9.36 Å². The molecule has 1 amide bonds. The van der Waals surface area contributed by atoms with Gasteiger partial charge in [0.1, 0.15) is 5.69 Å². The molecule has 3 heterocycles. The SMILES string of the molecule is O=C(Nc1ccc(-n2c(O)c3n(c2=O)CCC(C2CCCCC2)CC3)c(Cl)c1)c1ccccn1. The molecule has 5 rings (SSSR count). The molecule has 1 aliphatic carbocycles. The fraction of sp³-hybridized carbons (Fsp3) is 0.423. The predicted molar refractivity (Wildman–Crippen MR) is 132 cm³/mol. The minimum Gasteiger partial charge on any atom is -0.493 e. The summed E-state index contributed by atoms with van der Waals surface area (Å²) in [5.41, 5.74) is 1.58. The summed E-state index contributed by atoms with van der Waals surface area (Å²) < 4.78 is 2.99. The number of hydrogen-bond donors (Lipinski definition) is 2. The van der Waals surface area contributed by atoms with Gasteiger partial charge in [-0.1, -0.05) is 49.8 Å². The number of imidazole rings is 1. The van der Waals surface area contributed by atoms with E-state index in [-0.39, 0.29) is 22.5 Å². The van der Waals surface area contributed by atoms with Gasteiger partial charge in [-0.05, 0) is 61.4 Å². The standard InChI is InChI=1S/C26H29ClN4O3/c27-20-16-19(29-24(32)21-8-4-5-14-28-21)10-12-22(20)31-25(33)23-11-9-18(13-15-30(23)26(31)34)17-6-2-1-3-7-17/h4-5,8,10,12,14,16-18,33H,1-3,6-7,9,11,13,15H2,(H,29,32). The fourth-order valence-corrected chi connectivity index (χ4v) is 5.83. The molecule has 178 valence electrons. The predicted octanol–water partition coefficient (Wildman–Crippen LogP) is 5.18. The minimum absolute atomic E-state index is 0.0403. The zero-order chi connectivity index (χ0) is 23.7. The zero-order valence-corrected chi connectivity index (χ0v) is 19.8. The maximum atomic E-state index is 13.3. The first kappa shape index (κ1) is 22.7. The molecule has 2 aliphatic rings. The van der Waals surface area contributed by atoms with Crippen molar-refractivity contribution in [2.24, 2.45) is 11.8 Å². The Morgan fingerprint density at radius 1 is 1.06 bits per heavy atom. The summed E-state index contributed by atoms with van der Waals surface area (Å²) in [5.74, 6) is 0.957. The van der Waals surface area contributed by atoms with E-state index < -0.39 is 0 Å². The van der Waals surface area contributed by atoms with Gasteiger partial charge < -0.3 is 10.4 Å². The lowest BCUT2D eigenvalue weighted by atomic mass is 9.77. The van der Waals surface area contributed by atoms with Crippen molar-refractivity contribution in [1.82, 2.24) is 14.1 Å². The van der Waals surface area contributed by atoms with Crippen molar-refractivity contribution in [1.29, 1.82) is 0 Å². The molecule has 34 heavy (non-hydrogen) atoms. The van der Waals surface area contributed by atoms with Crippen molar-refractivity contribution >= 4 is 23.2 Å². The molecule has 0 spiro atoms. The van der Waals surface area contributed by atoms with Crippen molar-refractivity contribution in [3.63, 3.8) is 0 Å². The molecule has 2 N–H and O–H groups in total. The number of aromatic hydroxyl groups is 1. The van der Waals surface area contributed by atoms with E-state index in [9.17, 15) is 14.7 Å². The lowest BCUT2D eigenvalue weighted by Crippen LogP contribution is -2.25. The lowest BCUT2D eigenvalue weighted by molar-refractivity contribution is 0.102. The van der Waals surface area contributed by atoms with Crippen LogP contribution in [0.3, 0.4) is 0 Å². The van der Waals surface area contributed by atoms with Gasteiger partial charge >= 0.3 is 5.69 Å². The fourth-order valence-electron chi connectivity index (χ4n) is 5.57. The van der Waals surface area contributed by atoms with Crippen molar-refractivity contribution < 1.29 is 9.90 Å². The summed E-state index contributed by atoms with van der Waals surface area (Å²) in [4.78, 5) is 29.7. The number of carbonyl (C=O) groups is 1. The van der Waals surface area contributed by atoms with Crippen LogP contribution in [0, 0.1) is 11.8 Å². The Labute approximate surface area is 203 Å². The van der Waals surface area contributed by atoms with Gasteiger partial charge in [-0.15, -0.1) is 0 Å². The Bertz CT molecular complexity index is 1240. The van der Waals surface area contributed by atoms with Crippen LogP contribution in [0.25, 0.3) is 5.69 Å². The largest absolute Gasteiger partial charge is 0.493 e. The third-order valence-corrected chi connectivity index (χ3v) is 7.66. The number of carbonyl (C=O) groups excluding carboxylic acids is 1. The van der Waals surface area contributed by atoms with Crippen LogP contribution in [0.2, 0.25) is 5.02 Å². The van der Waals surface area contributed by atoms with E-state index in [4.69, 9.17) is 11.6 Å². The van der Waals surface area contributed by atoms with Crippen LogP contribution >= 0.6 is 11.6 Å². The second kappa shape index (κ2) is 9.66. The number of nitrogens with one attached hydrogen (secondary N) is 1. The second-order valence-corrected chi connectivity index (χ2v) is 9.77. The second-order valence-electron chi connectivity index (χ2n) is 9.36. The highest BCUT2D eigenvalue weighted by Gasteiger charge is 2.30. The quantitative estimate of drug-likeness (QED) is 0.538. The number of fused-ring (bicyclic) bond motifs is 1. The van der Waals surface area contributed by atoms with E-state index in [0.29, 0.717) is 41.6 Å². The van der Waals surface area contributed by atoms with E-state index in [2.05, 4.69) is 10.3 Å². The first-order valence-corrected chi connectivity index (χ1v) is 12.5. The molecular weight excluding hydrogens is 452 g/mol. The van der Waals surface area contributed by atoms with Crippen LogP contribution in [0.5, 0.6) is 5.88 Å². The van der Waals surface area contributed by atoms with Crippen molar-refractivity contribution in [3.05, 3.63) is 69.5 Å². The number of pyridine rings is 1. The van der Waals surface area contributed by atoms with Gasteiger partial charge in [-0.2, -0.15) is 0 Å². The topological polar surface area (TPSA) is 89.2 Å². The molecular formula is C26H29ClN4O3. The molecule has 1 aliphatic heterocycles. The van der Waals surface area contributed by atoms with E-state index in [0.717, 1.165) is 18.8 Å². The van der Waals surface area contributed by atoms with Gasteiger partial charge in [0.25, 0.3) is 5.91 Å². The first-order valence-electron chi connectivity index (χ1n) is 12.1. The minimum atomic E-state index is -0.354. The van der Waals surface area contributed by atoms with Crippen LogP contribution in [-0.4, -0.2) is 25.1 Å². The van der Waals surface area contributed by atoms with Crippen molar-refractivity contribution in [2.75, 3.05) is 5.32 Å². The Hall–Kier alpha value is -3.06. The molecule has 8 heteroatoms. The van der Waals surface area contributed by atoms with Crippen LogP contribution in [0.15, 0.2) is 47.4 Å². The average Bonchev–Trinajstić information content (AvgIpc) is 3.00. The molecule has 7 nitrogen and oxygen atoms in total. The molecule has 0 radical (unpaired) electrons. The maximum Gasteiger partial charge on any atom is 0.335 e. The molecule has 1 aromatic carbocycles. The Morgan fingerprint density at radius 2 is 1.85 bits per heavy atom. The number of amides is 1. The molecule has 1 saturated carbocycles. The molecule has 3 aromatic rings. The maximum absolute atomic E-state index is 13.3. The summed E-state index contributed by atoms with van der Waals surface area (Å²) in [5, 5.41) is 14.0. The van der Waals surface area contributed by atoms with Crippen LogP contribution in [0.4, 0.5) is 5.69 Å². The smallest absolute Gasteiger partial charge is 0.335 e. The number of benzene rings is 1. The van der Waals surface area contributed by atoms with Crippen LogP contribution in [-0.2, 0) is 13.0 Å². The molecule has 0 saturated heterocycles. The summed E-state index contributed by atoms with van der Waals surface area (Å²) >= 11 is 6.51. The number of halogens is 1. The Morgan fingerprint density at radius 3 is 2.59 bits per heavy atom. The number of anilines is 1. The summed E-state index contributed by atoms with van der Waals surface area (Å²) in [7, 11) is 0. The normalized spacial score (nSPS) is 18.8. The summed E-state index contributed by atoms with van der Waals surface area (Å²) in [6.45, 7) is 0.617. The summed E-state index contributed by atoms with van der Waals surface area (Å²) in [6, 6.07) is 9.98. The highest BCUT2D eigenvalue weighted by molar-refractivity contribution is 6.32. The Balaban J connectivity index is 1.37. The van der Waals surface area contributed by atoms with Gasteiger partial charge in [0.15, 0.2) is 0 Å². The third kappa shape index (κ3) is 4.37. The number of nitrogens with zero attached hydrogens (tertiary/aromatic N) is 3. The molecule has 1 fully saturated rings. The van der Waals surface area contributed by atoms with Crippen molar-refractivity contribution in [3.8, 4) is 11.6 Å². The van der Waals surface area contributed by atoms with Gasteiger partial charge in [0.05, 0.1) is 16.4 Å². The van der Waals surface area contributed by atoms with Gasteiger partial charge in [-0.3, -0.25) is 14.3 Å². The van der Waals surface area contributed by atoms with Crippen LogP contribution in [0.1, 0.15) is 61.1 Å². The lowest BCUT2D eigenvalue weighted by Gasteiger charge is -2.29. The van der Waals surface area contributed by atoms with E-state index >= 15 is 0 Å². The highest BCUT2D eigenvalue weighted by atomic mass is 35.5. The first-order chi connectivity index (χ1) is 16.5. The van der Waals surface area contributed by atoms with Crippen molar-refractivity contribution in [2.45, 2.75) is 57.9 Å². The zero-order valence-electron chi connectivity index (χ0n) is 19.0. The van der Waals surface area contributed by atoms with Gasteiger partial charge in [0, 0.05) is 18.4 Å². The number of aromatic nitrogens is 3. The monoisotopic (exact) mass is 480 g/mol. The molecule has 1 atom stereocenters.